The predicted molar refractivity (Wildman–Crippen MR) is 155 cm³/mol. The van der Waals surface area contributed by atoms with Crippen molar-refractivity contribution < 1.29 is 22.7 Å². The number of thiazole rings is 1. The summed E-state index contributed by atoms with van der Waals surface area (Å²) in [5.74, 6) is -0.300. The minimum atomic E-state index is -3.81. The van der Waals surface area contributed by atoms with Crippen molar-refractivity contribution in [1.29, 1.82) is 0 Å². The number of carbonyl (C=O) groups excluding carboxylic acids is 1. The fourth-order valence-electron chi connectivity index (χ4n) is 4.01. The zero-order chi connectivity index (χ0) is 28.0. The molecule has 0 atom stereocenters. The number of rotatable bonds is 12. The molecule has 4 aromatic rings. The van der Waals surface area contributed by atoms with Gasteiger partial charge in [-0.2, -0.15) is 4.31 Å². The van der Waals surface area contributed by atoms with E-state index in [9.17, 15) is 13.2 Å². The van der Waals surface area contributed by atoms with Gasteiger partial charge in [-0.1, -0.05) is 59.3 Å². The van der Waals surface area contributed by atoms with E-state index in [2.05, 4.69) is 0 Å². The van der Waals surface area contributed by atoms with Gasteiger partial charge in [0.05, 0.1) is 39.9 Å². The molecule has 3 aromatic carbocycles. The van der Waals surface area contributed by atoms with Crippen LogP contribution in [0.1, 0.15) is 21.5 Å². The average Bonchev–Trinajstić information content (AvgIpc) is 3.41. The fourth-order valence-corrected chi connectivity index (χ4v) is 6.73. The number of nitrogens with zero attached hydrogens (tertiary/aromatic N) is 3. The molecule has 0 bridgehead atoms. The second-order valence-corrected chi connectivity index (χ2v) is 12.2. The zero-order valence-corrected chi connectivity index (χ0v) is 24.4. The summed E-state index contributed by atoms with van der Waals surface area (Å²) in [6.45, 7) is 3.12. The first-order chi connectivity index (χ1) is 18.8. The predicted octanol–water partition coefficient (Wildman–Crippen LogP) is 5.39. The van der Waals surface area contributed by atoms with Crippen molar-refractivity contribution in [2.24, 2.45) is 0 Å². The van der Waals surface area contributed by atoms with Crippen LogP contribution in [-0.4, -0.2) is 64.1 Å². The molecule has 8 nitrogen and oxygen atoms in total. The third-order valence-electron chi connectivity index (χ3n) is 6.17. The number of halogens is 1. The maximum Gasteiger partial charge on any atom is 0.260 e. The quantitative estimate of drug-likeness (QED) is 0.221. The van der Waals surface area contributed by atoms with Crippen LogP contribution >= 0.6 is 22.9 Å². The second kappa shape index (κ2) is 13.0. The van der Waals surface area contributed by atoms with Crippen LogP contribution in [0.15, 0.2) is 71.6 Å². The van der Waals surface area contributed by atoms with Gasteiger partial charge in [-0.3, -0.25) is 9.69 Å². The van der Waals surface area contributed by atoms with Gasteiger partial charge in [0.25, 0.3) is 5.91 Å². The fraction of sp³-hybridized carbons (Fsp3) is 0.286. The molecule has 1 heterocycles. The van der Waals surface area contributed by atoms with Crippen molar-refractivity contribution in [2.75, 3.05) is 45.4 Å². The number of ether oxygens (including phenoxy) is 2. The number of aromatic nitrogens is 1. The average molecular weight is 588 g/mol. The topological polar surface area (TPSA) is 89.0 Å². The number of fused-ring (bicyclic) bond motifs is 1. The molecule has 1 amide bonds. The minimum absolute atomic E-state index is 0.0864. The highest BCUT2D eigenvalue weighted by molar-refractivity contribution is 7.89. The number of hydrogen-bond acceptors (Lipinski definition) is 7. The van der Waals surface area contributed by atoms with Crippen molar-refractivity contribution in [3.05, 3.63) is 88.4 Å². The van der Waals surface area contributed by atoms with Gasteiger partial charge in [0.15, 0.2) is 5.13 Å². The van der Waals surface area contributed by atoms with Gasteiger partial charge in [-0.25, -0.2) is 13.4 Å². The van der Waals surface area contributed by atoms with Crippen LogP contribution < -0.4 is 4.90 Å². The molecular weight excluding hydrogens is 558 g/mol. The van der Waals surface area contributed by atoms with Crippen molar-refractivity contribution in [3.8, 4) is 0 Å². The number of amides is 1. The Morgan fingerprint density at radius 1 is 0.949 bits per heavy atom. The highest BCUT2D eigenvalue weighted by Gasteiger charge is 2.26. The SMILES string of the molecule is COCCN(CCOC)S(=O)(=O)c1ccc(C(=O)N(Cc2ccccc2)c2nc3c(C)ccc(Cl)c3s2)cc1. The molecule has 39 heavy (non-hydrogen) atoms. The van der Waals surface area contributed by atoms with E-state index in [0.29, 0.717) is 15.7 Å². The molecule has 0 saturated heterocycles. The number of sulfonamides is 1. The maximum absolute atomic E-state index is 13.8. The molecule has 11 heteroatoms. The summed E-state index contributed by atoms with van der Waals surface area (Å²) in [6.07, 6.45) is 0. The second-order valence-electron chi connectivity index (χ2n) is 8.83. The van der Waals surface area contributed by atoms with Crippen LogP contribution in [0.25, 0.3) is 10.2 Å². The van der Waals surface area contributed by atoms with Crippen molar-refractivity contribution in [3.63, 3.8) is 0 Å². The Hall–Kier alpha value is -2.86. The van der Waals surface area contributed by atoms with Gasteiger partial charge in [-0.05, 0) is 48.4 Å². The lowest BCUT2D eigenvalue weighted by molar-refractivity contribution is 0.0985. The Morgan fingerprint density at radius 3 is 2.18 bits per heavy atom. The van der Waals surface area contributed by atoms with Crippen molar-refractivity contribution in [1.82, 2.24) is 9.29 Å². The Kier molecular flexibility index (Phi) is 9.71. The highest BCUT2D eigenvalue weighted by Crippen LogP contribution is 2.36. The lowest BCUT2D eigenvalue weighted by Crippen LogP contribution is -2.36. The first-order valence-electron chi connectivity index (χ1n) is 12.3. The van der Waals surface area contributed by atoms with E-state index >= 15 is 0 Å². The Labute approximate surface area is 237 Å². The smallest absolute Gasteiger partial charge is 0.260 e. The third-order valence-corrected chi connectivity index (χ3v) is 9.63. The first-order valence-corrected chi connectivity index (χ1v) is 14.9. The molecule has 0 spiro atoms. The van der Waals surface area contributed by atoms with E-state index in [4.69, 9.17) is 26.1 Å². The molecule has 0 N–H and O–H groups in total. The molecule has 0 aliphatic carbocycles. The Bertz CT molecular complexity index is 1480. The summed E-state index contributed by atoms with van der Waals surface area (Å²) in [5, 5.41) is 1.09. The molecule has 206 valence electrons. The van der Waals surface area contributed by atoms with Crippen molar-refractivity contribution >= 4 is 54.2 Å². The molecule has 0 radical (unpaired) electrons. The van der Waals surface area contributed by atoms with E-state index in [1.165, 1.54) is 54.1 Å². The summed E-state index contributed by atoms with van der Waals surface area (Å²) in [7, 11) is -0.778. The van der Waals surface area contributed by atoms with Gasteiger partial charge in [0.1, 0.15) is 0 Å². The molecule has 0 fully saturated rings. The van der Waals surface area contributed by atoms with Gasteiger partial charge in [0, 0.05) is 32.9 Å². The lowest BCUT2D eigenvalue weighted by Gasteiger charge is -2.22. The van der Waals surface area contributed by atoms with E-state index < -0.39 is 10.0 Å². The molecule has 0 saturated carbocycles. The summed E-state index contributed by atoms with van der Waals surface area (Å²) in [5.41, 5.74) is 2.98. The number of anilines is 1. The maximum atomic E-state index is 13.8. The largest absolute Gasteiger partial charge is 0.383 e. The number of benzene rings is 3. The minimum Gasteiger partial charge on any atom is -0.383 e. The summed E-state index contributed by atoms with van der Waals surface area (Å²) < 4.78 is 38.8. The van der Waals surface area contributed by atoms with Gasteiger partial charge < -0.3 is 9.47 Å². The number of carbonyl (C=O) groups is 1. The zero-order valence-electron chi connectivity index (χ0n) is 22.0. The molecule has 4 rings (SSSR count). The highest BCUT2D eigenvalue weighted by atomic mass is 35.5. The first kappa shape index (κ1) is 29.1. The Balaban J connectivity index is 1.67. The molecule has 0 aliphatic rings. The van der Waals surface area contributed by atoms with Gasteiger partial charge in [-0.15, -0.1) is 0 Å². The summed E-state index contributed by atoms with van der Waals surface area (Å²) in [6, 6.07) is 19.3. The van der Waals surface area contributed by atoms with Crippen LogP contribution in [0.3, 0.4) is 0 Å². The van der Waals surface area contributed by atoms with Crippen LogP contribution in [0.5, 0.6) is 0 Å². The molecule has 0 aliphatic heterocycles. The Morgan fingerprint density at radius 2 is 1.59 bits per heavy atom. The summed E-state index contributed by atoms with van der Waals surface area (Å²) in [4.78, 5) is 20.3. The third kappa shape index (κ3) is 6.66. The van der Waals surface area contributed by atoms with Crippen LogP contribution in [0, 0.1) is 6.92 Å². The van der Waals surface area contributed by atoms with E-state index in [-0.39, 0.29) is 43.7 Å². The van der Waals surface area contributed by atoms with Crippen molar-refractivity contribution in [2.45, 2.75) is 18.4 Å². The number of hydrogen-bond donors (Lipinski definition) is 0. The monoisotopic (exact) mass is 587 g/mol. The molecule has 0 unspecified atom stereocenters. The van der Waals surface area contributed by atoms with E-state index in [0.717, 1.165) is 21.3 Å². The van der Waals surface area contributed by atoms with Gasteiger partial charge in [0.2, 0.25) is 10.0 Å². The normalized spacial score (nSPS) is 11.8. The van der Waals surface area contributed by atoms with E-state index in [1.807, 2.05) is 49.4 Å². The van der Waals surface area contributed by atoms with Crippen LogP contribution in [-0.2, 0) is 26.0 Å². The van der Waals surface area contributed by atoms with Crippen LogP contribution in [0.4, 0.5) is 5.13 Å². The van der Waals surface area contributed by atoms with Gasteiger partial charge >= 0.3 is 0 Å². The lowest BCUT2D eigenvalue weighted by atomic mass is 10.1. The molecular formula is C28H30ClN3O5S2. The molecule has 1 aromatic heterocycles. The number of methoxy groups -OCH3 is 2. The standard InChI is InChI=1S/C28H30ClN3O5S2/c1-20-9-14-24(29)26-25(20)30-28(38-26)32(19-21-7-5-4-6-8-21)27(33)22-10-12-23(13-11-22)39(34,35)31(15-17-36-2)16-18-37-3/h4-14H,15-19H2,1-3H3. The number of aryl methyl sites for hydroxylation is 1. The van der Waals surface area contributed by atoms with Crippen LogP contribution in [0.2, 0.25) is 5.02 Å². The summed E-state index contributed by atoms with van der Waals surface area (Å²) >= 11 is 7.79. The van der Waals surface area contributed by atoms with E-state index in [1.54, 1.807) is 4.90 Å².